The van der Waals surface area contributed by atoms with Crippen LogP contribution in [-0.2, 0) is 4.79 Å². The average Bonchev–Trinajstić information content (AvgIpc) is 2.67. The van der Waals surface area contributed by atoms with E-state index in [0.717, 1.165) is 42.2 Å². The highest BCUT2D eigenvalue weighted by Crippen LogP contribution is 2.26. The molecule has 7 heteroatoms. The summed E-state index contributed by atoms with van der Waals surface area (Å²) in [6.07, 6.45) is 1.77. The maximum atomic E-state index is 11.9. The molecule has 132 valence electrons. The topological polar surface area (TPSA) is 93.4 Å². The molecule has 1 saturated heterocycles. The first kappa shape index (κ1) is 17.2. The summed E-state index contributed by atoms with van der Waals surface area (Å²) in [5.74, 6) is 7.35. The standard InChI is InChI=1S/C18H23N5O2/c1-12-10-16(23-9-3-4-14(11-23)18(24)22-19)21-17(20-12)13-5-7-15(25-2)8-6-13/h5-8,10,14H,3-4,9,11,19H2,1-2H3,(H,22,24). The van der Waals surface area contributed by atoms with E-state index in [-0.39, 0.29) is 11.8 Å². The number of rotatable bonds is 4. The molecule has 0 saturated carbocycles. The predicted octanol–water partition coefficient (Wildman–Crippen LogP) is 1.67. The van der Waals surface area contributed by atoms with Crippen LogP contribution in [0.1, 0.15) is 18.5 Å². The maximum absolute atomic E-state index is 11.9. The predicted molar refractivity (Wildman–Crippen MR) is 96.0 cm³/mol. The molecule has 0 aliphatic carbocycles. The SMILES string of the molecule is COc1ccc(-c2nc(C)cc(N3CCCC(C(=O)NN)C3)n2)cc1. The Morgan fingerprint density at radius 1 is 1.32 bits per heavy atom. The van der Waals surface area contributed by atoms with Crippen molar-refractivity contribution in [1.82, 2.24) is 15.4 Å². The van der Waals surface area contributed by atoms with Gasteiger partial charge in [-0.25, -0.2) is 15.8 Å². The Morgan fingerprint density at radius 3 is 2.76 bits per heavy atom. The molecule has 1 aliphatic rings. The minimum atomic E-state index is -0.120. The van der Waals surface area contributed by atoms with Crippen LogP contribution in [0.4, 0.5) is 5.82 Å². The number of carbonyl (C=O) groups excluding carboxylic acids is 1. The van der Waals surface area contributed by atoms with Gasteiger partial charge in [-0.1, -0.05) is 0 Å². The van der Waals surface area contributed by atoms with E-state index in [1.807, 2.05) is 37.3 Å². The Hall–Kier alpha value is -2.67. The molecular formula is C18H23N5O2. The summed E-state index contributed by atoms with van der Waals surface area (Å²) in [5, 5.41) is 0. The van der Waals surface area contributed by atoms with Crippen molar-refractivity contribution >= 4 is 11.7 Å². The van der Waals surface area contributed by atoms with Crippen LogP contribution in [0.5, 0.6) is 5.75 Å². The van der Waals surface area contributed by atoms with E-state index in [9.17, 15) is 4.79 Å². The number of carbonyl (C=O) groups is 1. The summed E-state index contributed by atoms with van der Waals surface area (Å²) in [7, 11) is 1.64. The van der Waals surface area contributed by atoms with Crippen molar-refractivity contribution in [2.75, 3.05) is 25.1 Å². The summed E-state index contributed by atoms with van der Waals surface area (Å²) in [6.45, 7) is 3.43. The van der Waals surface area contributed by atoms with E-state index in [4.69, 9.17) is 15.6 Å². The summed E-state index contributed by atoms with van der Waals surface area (Å²) >= 11 is 0. The normalized spacial score (nSPS) is 17.2. The number of aryl methyl sites for hydroxylation is 1. The number of nitrogens with two attached hydrogens (primary N) is 1. The number of benzene rings is 1. The van der Waals surface area contributed by atoms with E-state index >= 15 is 0 Å². The molecule has 1 aliphatic heterocycles. The molecule has 2 aromatic rings. The third-order valence-electron chi connectivity index (χ3n) is 4.45. The summed E-state index contributed by atoms with van der Waals surface area (Å²) in [4.78, 5) is 23.2. The lowest BCUT2D eigenvalue weighted by Crippen LogP contribution is -2.45. The molecule has 0 spiro atoms. The van der Waals surface area contributed by atoms with Crippen LogP contribution in [0.15, 0.2) is 30.3 Å². The van der Waals surface area contributed by atoms with Gasteiger partial charge in [0.05, 0.1) is 13.0 Å². The zero-order valence-electron chi connectivity index (χ0n) is 14.5. The van der Waals surface area contributed by atoms with Crippen LogP contribution >= 0.6 is 0 Å². The largest absolute Gasteiger partial charge is 0.497 e. The number of hydrogen-bond acceptors (Lipinski definition) is 6. The first-order valence-corrected chi connectivity index (χ1v) is 8.36. The van der Waals surface area contributed by atoms with Gasteiger partial charge in [-0.2, -0.15) is 0 Å². The van der Waals surface area contributed by atoms with Crippen molar-refractivity contribution in [3.8, 4) is 17.1 Å². The molecule has 3 N–H and O–H groups in total. The number of nitrogens with zero attached hydrogens (tertiary/aromatic N) is 3. The van der Waals surface area contributed by atoms with Gasteiger partial charge in [0.1, 0.15) is 11.6 Å². The fourth-order valence-corrected chi connectivity index (χ4v) is 3.10. The number of piperidine rings is 1. The molecule has 1 fully saturated rings. The minimum absolute atomic E-state index is 0.113. The van der Waals surface area contributed by atoms with Gasteiger partial charge in [-0.05, 0) is 44.0 Å². The van der Waals surface area contributed by atoms with E-state index < -0.39 is 0 Å². The van der Waals surface area contributed by atoms with Gasteiger partial charge >= 0.3 is 0 Å². The van der Waals surface area contributed by atoms with Gasteiger partial charge in [-0.3, -0.25) is 10.2 Å². The fraction of sp³-hybridized carbons (Fsp3) is 0.389. The first-order chi connectivity index (χ1) is 12.1. The molecule has 1 atom stereocenters. The average molecular weight is 341 g/mol. The number of ether oxygens (including phenoxy) is 1. The van der Waals surface area contributed by atoms with Crippen molar-refractivity contribution < 1.29 is 9.53 Å². The van der Waals surface area contributed by atoms with Crippen LogP contribution in [-0.4, -0.2) is 36.1 Å². The van der Waals surface area contributed by atoms with E-state index in [1.54, 1.807) is 7.11 Å². The highest BCUT2D eigenvalue weighted by molar-refractivity contribution is 5.79. The Balaban J connectivity index is 1.87. The highest BCUT2D eigenvalue weighted by Gasteiger charge is 2.26. The van der Waals surface area contributed by atoms with Gasteiger partial charge < -0.3 is 9.64 Å². The zero-order valence-corrected chi connectivity index (χ0v) is 14.5. The van der Waals surface area contributed by atoms with Gasteiger partial charge in [0.25, 0.3) is 0 Å². The van der Waals surface area contributed by atoms with Gasteiger partial charge in [0, 0.05) is 30.4 Å². The number of methoxy groups -OCH3 is 1. The molecule has 25 heavy (non-hydrogen) atoms. The van der Waals surface area contributed by atoms with Crippen molar-refractivity contribution in [2.24, 2.45) is 11.8 Å². The monoisotopic (exact) mass is 341 g/mol. The third-order valence-corrected chi connectivity index (χ3v) is 4.45. The Morgan fingerprint density at radius 2 is 2.08 bits per heavy atom. The Labute approximate surface area is 147 Å². The lowest BCUT2D eigenvalue weighted by Gasteiger charge is -2.32. The van der Waals surface area contributed by atoms with Crippen LogP contribution in [0, 0.1) is 12.8 Å². The minimum Gasteiger partial charge on any atom is -0.497 e. The van der Waals surface area contributed by atoms with Crippen LogP contribution < -0.4 is 20.9 Å². The highest BCUT2D eigenvalue weighted by atomic mass is 16.5. The number of hydrogen-bond donors (Lipinski definition) is 2. The zero-order chi connectivity index (χ0) is 17.8. The molecule has 0 bridgehead atoms. The van der Waals surface area contributed by atoms with E-state index in [1.165, 1.54) is 0 Å². The fourth-order valence-electron chi connectivity index (χ4n) is 3.10. The molecule has 1 unspecified atom stereocenters. The van der Waals surface area contributed by atoms with Crippen LogP contribution in [0.25, 0.3) is 11.4 Å². The second kappa shape index (κ2) is 7.48. The second-order valence-electron chi connectivity index (χ2n) is 6.21. The quantitative estimate of drug-likeness (QED) is 0.499. The van der Waals surface area contributed by atoms with Crippen LogP contribution in [0.2, 0.25) is 0 Å². The van der Waals surface area contributed by atoms with Gasteiger partial charge in [0.2, 0.25) is 5.91 Å². The third kappa shape index (κ3) is 3.88. The van der Waals surface area contributed by atoms with Crippen molar-refractivity contribution in [3.63, 3.8) is 0 Å². The van der Waals surface area contributed by atoms with E-state index in [2.05, 4.69) is 15.3 Å². The lowest BCUT2D eigenvalue weighted by molar-refractivity contribution is -0.125. The number of hydrazine groups is 1. The number of amides is 1. The summed E-state index contributed by atoms with van der Waals surface area (Å²) in [5.41, 5.74) is 4.08. The van der Waals surface area contributed by atoms with Gasteiger partial charge in [-0.15, -0.1) is 0 Å². The lowest BCUT2D eigenvalue weighted by atomic mass is 9.97. The molecule has 1 aromatic heterocycles. The molecule has 3 rings (SSSR count). The summed E-state index contributed by atoms with van der Waals surface area (Å²) in [6, 6.07) is 9.62. The number of anilines is 1. The van der Waals surface area contributed by atoms with Crippen molar-refractivity contribution in [3.05, 3.63) is 36.0 Å². The Kier molecular flexibility index (Phi) is 5.14. The number of aromatic nitrogens is 2. The smallest absolute Gasteiger partial charge is 0.238 e. The molecule has 1 aromatic carbocycles. The molecule has 2 heterocycles. The second-order valence-corrected chi connectivity index (χ2v) is 6.21. The molecular weight excluding hydrogens is 318 g/mol. The maximum Gasteiger partial charge on any atom is 0.238 e. The van der Waals surface area contributed by atoms with Crippen LogP contribution in [0.3, 0.4) is 0 Å². The van der Waals surface area contributed by atoms with Crippen molar-refractivity contribution in [2.45, 2.75) is 19.8 Å². The number of nitrogens with one attached hydrogen (secondary N) is 1. The molecule has 1 amide bonds. The first-order valence-electron chi connectivity index (χ1n) is 8.36. The Bertz CT molecular complexity index is 748. The van der Waals surface area contributed by atoms with Crippen molar-refractivity contribution in [1.29, 1.82) is 0 Å². The molecule has 7 nitrogen and oxygen atoms in total. The van der Waals surface area contributed by atoms with E-state index in [0.29, 0.717) is 12.4 Å². The molecule has 0 radical (unpaired) electrons. The summed E-state index contributed by atoms with van der Waals surface area (Å²) < 4.78 is 5.20. The van der Waals surface area contributed by atoms with Gasteiger partial charge in [0.15, 0.2) is 5.82 Å².